The van der Waals surface area contributed by atoms with Gasteiger partial charge in [0.1, 0.15) is 0 Å². The van der Waals surface area contributed by atoms with Crippen LogP contribution in [0.25, 0.3) is 11.3 Å². The molecule has 3 rings (SSSR count). The Kier molecular flexibility index (Phi) is 5.80. The number of carboxylic acid groups (broad SMARTS) is 1. The summed E-state index contributed by atoms with van der Waals surface area (Å²) in [7, 11) is 0. The fraction of sp³-hybridized carbons (Fsp3) is 0.444. The number of hydrogen-bond acceptors (Lipinski definition) is 5. The third-order valence-corrected chi connectivity index (χ3v) is 4.49. The van der Waals surface area contributed by atoms with Gasteiger partial charge in [-0.2, -0.15) is 5.10 Å². The summed E-state index contributed by atoms with van der Waals surface area (Å²) in [5, 5.41) is 26.3. The van der Waals surface area contributed by atoms with Gasteiger partial charge in [-0.25, -0.2) is 0 Å². The van der Waals surface area contributed by atoms with Crippen molar-refractivity contribution in [2.24, 2.45) is 0 Å². The molecular formula is C18H24N4O3. The van der Waals surface area contributed by atoms with Gasteiger partial charge in [0, 0.05) is 44.8 Å². The van der Waals surface area contributed by atoms with Gasteiger partial charge < -0.3 is 10.2 Å². The van der Waals surface area contributed by atoms with E-state index in [0.717, 1.165) is 29.9 Å². The van der Waals surface area contributed by atoms with E-state index in [1.807, 2.05) is 41.4 Å². The Morgan fingerprint density at radius 3 is 2.68 bits per heavy atom. The lowest BCUT2D eigenvalue weighted by Crippen LogP contribution is -2.34. The number of carbonyl (C=O) groups is 1. The molecule has 1 fully saturated rings. The monoisotopic (exact) mass is 344 g/mol. The van der Waals surface area contributed by atoms with Crippen molar-refractivity contribution >= 4 is 5.97 Å². The lowest BCUT2D eigenvalue weighted by molar-refractivity contribution is -0.137. The van der Waals surface area contributed by atoms with E-state index < -0.39 is 12.1 Å². The second-order valence-electron chi connectivity index (χ2n) is 6.47. The molecule has 3 N–H and O–H groups in total. The summed E-state index contributed by atoms with van der Waals surface area (Å²) in [6.45, 7) is 3.80. The first-order valence-electron chi connectivity index (χ1n) is 8.54. The molecule has 1 aliphatic heterocycles. The van der Waals surface area contributed by atoms with Gasteiger partial charge in [-0.15, -0.1) is 0 Å². The molecule has 0 saturated carbocycles. The third-order valence-electron chi connectivity index (χ3n) is 4.49. The van der Waals surface area contributed by atoms with Crippen molar-refractivity contribution in [3.63, 3.8) is 0 Å². The van der Waals surface area contributed by atoms with E-state index in [9.17, 15) is 9.90 Å². The maximum absolute atomic E-state index is 10.7. The summed E-state index contributed by atoms with van der Waals surface area (Å²) in [4.78, 5) is 15.0. The van der Waals surface area contributed by atoms with Crippen LogP contribution in [0.2, 0.25) is 0 Å². The first kappa shape index (κ1) is 17.6. The van der Waals surface area contributed by atoms with Gasteiger partial charge in [0.25, 0.3) is 0 Å². The standard InChI is InChI=1S/C18H24N4O3/c23-16-12-21(7-6-17(24)25)8-9-22(13-16)11-15-10-19-20-18(15)14-4-2-1-3-5-14/h1-5,10,16,23H,6-9,11-13H2,(H,19,20)(H,24,25)/t16-/m0/s1. The largest absolute Gasteiger partial charge is 0.481 e. The number of aliphatic hydroxyl groups is 1. The van der Waals surface area contributed by atoms with Gasteiger partial charge in [-0.05, 0) is 5.56 Å². The Morgan fingerprint density at radius 2 is 1.92 bits per heavy atom. The smallest absolute Gasteiger partial charge is 0.304 e. The number of rotatable bonds is 6. The maximum atomic E-state index is 10.7. The van der Waals surface area contributed by atoms with Crippen LogP contribution in [-0.2, 0) is 11.3 Å². The average Bonchev–Trinajstić information content (AvgIpc) is 2.97. The van der Waals surface area contributed by atoms with Gasteiger partial charge >= 0.3 is 5.97 Å². The second-order valence-corrected chi connectivity index (χ2v) is 6.47. The molecular weight excluding hydrogens is 320 g/mol. The topological polar surface area (TPSA) is 92.7 Å². The molecule has 0 amide bonds. The Morgan fingerprint density at radius 1 is 1.20 bits per heavy atom. The minimum absolute atomic E-state index is 0.104. The SMILES string of the molecule is O=C(O)CCN1CCN(Cc2cn[nH]c2-c2ccccc2)C[C@@H](O)C1. The van der Waals surface area contributed by atoms with Gasteiger partial charge in [-0.1, -0.05) is 30.3 Å². The van der Waals surface area contributed by atoms with Crippen molar-refractivity contribution in [2.75, 3.05) is 32.7 Å². The number of nitrogens with one attached hydrogen (secondary N) is 1. The molecule has 0 unspecified atom stereocenters. The fourth-order valence-electron chi connectivity index (χ4n) is 3.25. The molecule has 2 aromatic rings. The van der Waals surface area contributed by atoms with Crippen LogP contribution in [0.3, 0.4) is 0 Å². The number of H-pyrrole nitrogens is 1. The molecule has 7 nitrogen and oxygen atoms in total. The molecule has 7 heteroatoms. The third kappa shape index (κ3) is 4.88. The van der Waals surface area contributed by atoms with Crippen LogP contribution in [0.15, 0.2) is 36.5 Å². The molecule has 134 valence electrons. The van der Waals surface area contributed by atoms with E-state index in [1.165, 1.54) is 0 Å². The molecule has 25 heavy (non-hydrogen) atoms. The van der Waals surface area contributed by atoms with Gasteiger partial charge in [0.2, 0.25) is 0 Å². The molecule has 1 aliphatic rings. The number of aromatic nitrogens is 2. The molecule has 1 atom stereocenters. The van der Waals surface area contributed by atoms with Crippen LogP contribution in [-0.4, -0.2) is 75.0 Å². The number of carboxylic acids is 1. The number of aliphatic hydroxyl groups excluding tert-OH is 1. The zero-order valence-electron chi connectivity index (χ0n) is 14.1. The first-order chi connectivity index (χ1) is 12.1. The Balaban J connectivity index is 1.64. The quantitative estimate of drug-likeness (QED) is 0.725. The highest BCUT2D eigenvalue weighted by Gasteiger charge is 2.22. The first-order valence-corrected chi connectivity index (χ1v) is 8.54. The number of nitrogens with zero attached hydrogens (tertiary/aromatic N) is 3. The number of aliphatic carboxylic acids is 1. The summed E-state index contributed by atoms with van der Waals surface area (Å²) in [5.74, 6) is -0.804. The normalized spacial score (nSPS) is 19.6. The van der Waals surface area contributed by atoms with E-state index in [0.29, 0.717) is 26.2 Å². The molecule has 0 aliphatic carbocycles. The molecule has 0 spiro atoms. The van der Waals surface area contributed by atoms with E-state index in [1.54, 1.807) is 0 Å². The van der Waals surface area contributed by atoms with Crippen molar-refractivity contribution in [2.45, 2.75) is 19.1 Å². The number of benzene rings is 1. The number of hydrogen-bond donors (Lipinski definition) is 3. The molecule has 2 heterocycles. The van der Waals surface area contributed by atoms with Crippen molar-refractivity contribution in [3.05, 3.63) is 42.1 Å². The summed E-state index contributed by atoms with van der Waals surface area (Å²) in [6, 6.07) is 10.1. The van der Waals surface area contributed by atoms with Crippen LogP contribution in [0.4, 0.5) is 0 Å². The van der Waals surface area contributed by atoms with E-state index in [-0.39, 0.29) is 6.42 Å². The highest BCUT2D eigenvalue weighted by atomic mass is 16.4. The predicted octanol–water partition coefficient (Wildman–Crippen LogP) is 1.03. The van der Waals surface area contributed by atoms with E-state index in [2.05, 4.69) is 15.1 Å². The molecule has 1 aromatic heterocycles. The number of β-amino-alcohol motifs (C(OH)–C–C–N with tert-alkyl or cyclic N) is 1. The van der Waals surface area contributed by atoms with Crippen molar-refractivity contribution < 1.29 is 15.0 Å². The van der Waals surface area contributed by atoms with E-state index >= 15 is 0 Å². The zero-order chi connectivity index (χ0) is 17.6. The highest BCUT2D eigenvalue weighted by Crippen LogP contribution is 2.22. The molecule has 1 aromatic carbocycles. The molecule has 1 saturated heterocycles. The fourth-order valence-corrected chi connectivity index (χ4v) is 3.25. The minimum Gasteiger partial charge on any atom is -0.481 e. The summed E-state index contributed by atoms with van der Waals surface area (Å²) >= 11 is 0. The summed E-state index contributed by atoms with van der Waals surface area (Å²) in [5.41, 5.74) is 3.19. The minimum atomic E-state index is -0.804. The van der Waals surface area contributed by atoms with Crippen LogP contribution in [0.1, 0.15) is 12.0 Å². The average molecular weight is 344 g/mol. The Labute approximate surface area is 146 Å². The second kappa shape index (κ2) is 8.24. The lowest BCUT2D eigenvalue weighted by atomic mass is 10.1. The Hall–Kier alpha value is -2.22. The van der Waals surface area contributed by atoms with Gasteiger partial charge in [-0.3, -0.25) is 19.7 Å². The van der Waals surface area contributed by atoms with E-state index in [4.69, 9.17) is 5.11 Å². The molecule has 0 bridgehead atoms. The summed E-state index contributed by atoms with van der Waals surface area (Å²) in [6.07, 6.45) is 1.46. The van der Waals surface area contributed by atoms with Crippen LogP contribution < -0.4 is 0 Å². The van der Waals surface area contributed by atoms with Crippen LogP contribution in [0, 0.1) is 0 Å². The van der Waals surface area contributed by atoms with Crippen LogP contribution >= 0.6 is 0 Å². The van der Waals surface area contributed by atoms with Gasteiger partial charge in [0.05, 0.1) is 24.4 Å². The molecule has 0 radical (unpaired) electrons. The van der Waals surface area contributed by atoms with Gasteiger partial charge in [0.15, 0.2) is 0 Å². The van der Waals surface area contributed by atoms with Crippen molar-refractivity contribution in [1.29, 1.82) is 0 Å². The predicted molar refractivity (Wildman–Crippen MR) is 94.0 cm³/mol. The maximum Gasteiger partial charge on any atom is 0.304 e. The number of aromatic amines is 1. The summed E-state index contributed by atoms with van der Waals surface area (Å²) < 4.78 is 0. The zero-order valence-corrected chi connectivity index (χ0v) is 14.1. The highest BCUT2D eigenvalue weighted by molar-refractivity contribution is 5.66. The Bertz CT molecular complexity index is 689. The van der Waals surface area contributed by atoms with Crippen LogP contribution in [0.5, 0.6) is 0 Å². The lowest BCUT2D eigenvalue weighted by Gasteiger charge is -2.21. The van der Waals surface area contributed by atoms with Crippen molar-refractivity contribution in [1.82, 2.24) is 20.0 Å². The van der Waals surface area contributed by atoms with Crippen molar-refractivity contribution in [3.8, 4) is 11.3 Å².